The lowest BCUT2D eigenvalue weighted by molar-refractivity contribution is 0.140. The molecule has 0 aliphatic carbocycles. The van der Waals surface area contributed by atoms with Crippen molar-refractivity contribution < 1.29 is 9.47 Å². The quantitative estimate of drug-likeness (QED) is 0.715. The Morgan fingerprint density at radius 2 is 2.06 bits per heavy atom. The van der Waals surface area contributed by atoms with E-state index >= 15 is 0 Å². The van der Waals surface area contributed by atoms with Crippen molar-refractivity contribution in [2.45, 2.75) is 13.3 Å². The standard InChI is InChI=1S/C13H21NO2/c1-11-4-5-13(15-3)12(10-11)6-8-16-9-7-14-2/h4-5,10,14H,6-9H2,1-3H3. The molecule has 1 aromatic rings. The van der Waals surface area contributed by atoms with E-state index in [1.807, 2.05) is 13.1 Å². The van der Waals surface area contributed by atoms with Gasteiger partial charge in [0.2, 0.25) is 0 Å². The average Bonchev–Trinajstić information content (AvgIpc) is 2.29. The van der Waals surface area contributed by atoms with E-state index in [0.717, 1.165) is 31.9 Å². The van der Waals surface area contributed by atoms with Gasteiger partial charge in [0.1, 0.15) is 5.75 Å². The Balaban J connectivity index is 2.42. The lowest BCUT2D eigenvalue weighted by Crippen LogP contribution is -2.15. The first-order chi connectivity index (χ1) is 7.77. The first-order valence-corrected chi connectivity index (χ1v) is 5.63. The van der Waals surface area contributed by atoms with Crippen molar-refractivity contribution in [3.05, 3.63) is 29.3 Å². The van der Waals surface area contributed by atoms with Crippen LogP contribution in [0.15, 0.2) is 18.2 Å². The molecule has 0 saturated heterocycles. The molecule has 0 unspecified atom stereocenters. The molecule has 1 aromatic carbocycles. The molecule has 0 aliphatic heterocycles. The summed E-state index contributed by atoms with van der Waals surface area (Å²) >= 11 is 0. The molecule has 90 valence electrons. The van der Waals surface area contributed by atoms with Crippen LogP contribution < -0.4 is 10.1 Å². The van der Waals surface area contributed by atoms with E-state index in [2.05, 4.69) is 24.4 Å². The minimum Gasteiger partial charge on any atom is -0.496 e. The number of hydrogen-bond acceptors (Lipinski definition) is 3. The Morgan fingerprint density at radius 1 is 1.25 bits per heavy atom. The normalized spacial score (nSPS) is 10.4. The SMILES string of the molecule is CNCCOCCc1cc(C)ccc1OC. The third-order valence-electron chi connectivity index (χ3n) is 2.45. The van der Waals surface area contributed by atoms with Gasteiger partial charge in [-0.1, -0.05) is 17.7 Å². The molecule has 0 fully saturated rings. The van der Waals surface area contributed by atoms with Crippen LogP contribution in [0.5, 0.6) is 5.75 Å². The molecule has 0 bridgehead atoms. The molecule has 3 nitrogen and oxygen atoms in total. The van der Waals surface area contributed by atoms with Crippen LogP contribution in [0.4, 0.5) is 0 Å². The summed E-state index contributed by atoms with van der Waals surface area (Å²) < 4.78 is 10.8. The molecule has 0 radical (unpaired) electrons. The van der Waals surface area contributed by atoms with Crippen LogP contribution >= 0.6 is 0 Å². The summed E-state index contributed by atoms with van der Waals surface area (Å²) in [5, 5.41) is 3.05. The molecule has 1 rings (SSSR count). The second kappa shape index (κ2) is 7.25. The summed E-state index contributed by atoms with van der Waals surface area (Å²) in [4.78, 5) is 0. The molecule has 0 amide bonds. The van der Waals surface area contributed by atoms with Crippen molar-refractivity contribution >= 4 is 0 Å². The van der Waals surface area contributed by atoms with E-state index < -0.39 is 0 Å². The third kappa shape index (κ3) is 4.21. The third-order valence-corrected chi connectivity index (χ3v) is 2.45. The molecule has 0 saturated carbocycles. The van der Waals surface area contributed by atoms with E-state index in [1.165, 1.54) is 11.1 Å². The lowest BCUT2D eigenvalue weighted by Gasteiger charge is -2.09. The summed E-state index contributed by atoms with van der Waals surface area (Å²) in [6.07, 6.45) is 0.897. The number of hydrogen-bond donors (Lipinski definition) is 1. The van der Waals surface area contributed by atoms with Crippen molar-refractivity contribution in [3.63, 3.8) is 0 Å². The van der Waals surface area contributed by atoms with Crippen molar-refractivity contribution in [1.82, 2.24) is 5.32 Å². The highest BCUT2D eigenvalue weighted by Crippen LogP contribution is 2.19. The molecule has 16 heavy (non-hydrogen) atoms. The summed E-state index contributed by atoms with van der Waals surface area (Å²) in [5.74, 6) is 0.947. The monoisotopic (exact) mass is 223 g/mol. The average molecular weight is 223 g/mol. The topological polar surface area (TPSA) is 30.5 Å². The van der Waals surface area contributed by atoms with Gasteiger partial charge in [-0.25, -0.2) is 0 Å². The highest BCUT2D eigenvalue weighted by molar-refractivity contribution is 5.36. The first kappa shape index (κ1) is 13.0. The highest BCUT2D eigenvalue weighted by Gasteiger charge is 2.02. The fourth-order valence-corrected chi connectivity index (χ4v) is 1.56. The van der Waals surface area contributed by atoms with Crippen LogP contribution in [-0.4, -0.2) is 33.9 Å². The van der Waals surface area contributed by atoms with Crippen LogP contribution in [0.25, 0.3) is 0 Å². The zero-order chi connectivity index (χ0) is 11.8. The molecule has 1 N–H and O–H groups in total. The molecule has 0 aliphatic rings. The van der Waals surface area contributed by atoms with E-state index in [0.29, 0.717) is 0 Å². The number of nitrogens with one attached hydrogen (secondary N) is 1. The summed E-state index contributed by atoms with van der Waals surface area (Å²) in [6, 6.07) is 6.22. The van der Waals surface area contributed by atoms with Gasteiger partial charge in [-0.05, 0) is 32.0 Å². The predicted molar refractivity (Wildman–Crippen MR) is 66.2 cm³/mol. The number of benzene rings is 1. The smallest absolute Gasteiger partial charge is 0.122 e. The minimum atomic E-state index is 0.738. The van der Waals surface area contributed by atoms with E-state index in [9.17, 15) is 0 Å². The number of aryl methyl sites for hydroxylation is 1. The Labute approximate surface area is 97.8 Å². The lowest BCUT2D eigenvalue weighted by atomic mass is 10.1. The second-order valence-corrected chi connectivity index (χ2v) is 3.78. The molecule has 0 heterocycles. The van der Waals surface area contributed by atoms with Crippen LogP contribution in [0.2, 0.25) is 0 Å². The Hall–Kier alpha value is -1.06. The Bertz CT molecular complexity index is 313. The van der Waals surface area contributed by atoms with Gasteiger partial charge < -0.3 is 14.8 Å². The molecule has 0 aromatic heterocycles. The molecule has 0 spiro atoms. The maximum Gasteiger partial charge on any atom is 0.122 e. The van der Waals surface area contributed by atoms with Gasteiger partial charge in [0.25, 0.3) is 0 Å². The van der Waals surface area contributed by atoms with Gasteiger partial charge in [-0.3, -0.25) is 0 Å². The maximum atomic E-state index is 5.50. The van der Waals surface area contributed by atoms with Gasteiger partial charge in [-0.2, -0.15) is 0 Å². The van der Waals surface area contributed by atoms with E-state index in [4.69, 9.17) is 9.47 Å². The van der Waals surface area contributed by atoms with Gasteiger partial charge in [0, 0.05) is 6.54 Å². The van der Waals surface area contributed by atoms with E-state index in [1.54, 1.807) is 7.11 Å². The summed E-state index contributed by atoms with van der Waals surface area (Å²) in [6.45, 7) is 4.47. The minimum absolute atomic E-state index is 0.738. The Morgan fingerprint density at radius 3 is 2.75 bits per heavy atom. The van der Waals surface area contributed by atoms with Gasteiger partial charge in [-0.15, -0.1) is 0 Å². The molecule has 3 heteroatoms. The van der Waals surface area contributed by atoms with Gasteiger partial charge in [0.05, 0.1) is 20.3 Å². The molecular weight excluding hydrogens is 202 g/mol. The zero-order valence-corrected chi connectivity index (χ0v) is 10.4. The van der Waals surface area contributed by atoms with Crippen LogP contribution in [0, 0.1) is 6.92 Å². The summed E-state index contributed by atoms with van der Waals surface area (Å²) in [5.41, 5.74) is 2.47. The van der Waals surface area contributed by atoms with Crippen molar-refractivity contribution in [2.24, 2.45) is 0 Å². The largest absolute Gasteiger partial charge is 0.496 e. The molecule has 0 atom stereocenters. The zero-order valence-electron chi connectivity index (χ0n) is 10.4. The van der Waals surface area contributed by atoms with Crippen molar-refractivity contribution in [2.75, 3.05) is 33.9 Å². The number of rotatable bonds is 7. The highest BCUT2D eigenvalue weighted by atomic mass is 16.5. The van der Waals surface area contributed by atoms with Crippen LogP contribution in [-0.2, 0) is 11.2 Å². The fraction of sp³-hybridized carbons (Fsp3) is 0.538. The maximum absolute atomic E-state index is 5.50. The van der Waals surface area contributed by atoms with Crippen LogP contribution in [0.1, 0.15) is 11.1 Å². The number of methoxy groups -OCH3 is 1. The Kier molecular flexibility index (Phi) is 5.90. The van der Waals surface area contributed by atoms with Crippen LogP contribution in [0.3, 0.4) is 0 Å². The molecular formula is C13H21NO2. The van der Waals surface area contributed by atoms with Gasteiger partial charge >= 0.3 is 0 Å². The fourth-order valence-electron chi connectivity index (χ4n) is 1.56. The second-order valence-electron chi connectivity index (χ2n) is 3.78. The predicted octanol–water partition coefficient (Wildman–Crippen LogP) is 1.78. The van der Waals surface area contributed by atoms with E-state index in [-0.39, 0.29) is 0 Å². The van der Waals surface area contributed by atoms with Crippen molar-refractivity contribution in [1.29, 1.82) is 0 Å². The van der Waals surface area contributed by atoms with Gasteiger partial charge in [0.15, 0.2) is 0 Å². The number of ether oxygens (including phenoxy) is 2. The summed E-state index contributed by atoms with van der Waals surface area (Å²) in [7, 11) is 3.63. The first-order valence-electron chi connectivity index (χ1n) is 5.63. The van der Waals surface area contributed by atoms with Crippen molar-refractivity contribution in [3.8, 4) is 5.75 Å². The number of likely N-dealkylation sites (N-methyl/N-ethyl adjacent to an activating group) is 1.